The largest absolute Gasteiger partial charge is 0.316 e. The van der Waals surface area contributed by atoms with Crippen molar-refractivity contribution in [2.45, 2.75) is 19.4 Å². The molecule has 17 heavy (non-hydrogen) atoms. The minimum atomic E-state index is 0.734. The first-order chi connectivity index (χ1) is 8.40. The molecule has 0 aromatic heterocycles. The number of hydrogen-bond donors (Lipinski definition) is 2. The van der Waals surface area contributed by atoms with Gasteiger partial charge in [-0.15, -0.1) is 0 Å². The van der Waals surface area contributed by atoms with Gasteiger partial charge in [-0.1, -0.05) is 18.2 Å². The Labute approximate surface area is 103 Å². The summed E-state index contributed by atoms with van der Waals surface area (Å²) >= 11 is 0. The van der Waals surface area contributed by atoms with Crippen molar-refractivity contribution in [3.8, 4) is 6.07 Å². The van der Waals surface area contributed by atoms with Gasteiger partial charge in [0.25, 0.3) is 0 Å². The molecule has 0 saturated carbocycles. The standard InChI is InChI=1S/C14H19N3/c15-8-13-5-1-2-6-14(13)11-17-10-12-4-3-7-16-9-12/h1-2,5-6,12,16-17H,3-4,7,9-11H2. The molecule has 1 atom stereocenters. The lowest BCUT2D eigenvalue weighted by Crippen LogP contribution is -2.35. The summed E-state index contributed by atoms with van der Waals surface area (Å²) in [6.45, 7) is 4.10. The molecule has 2 rings (SSSR count). The van der Waals surface area contributed by atoms with E-state index in [-0.39, 0.29) is 0 Å². The number of rotatable bonds is 4. The third kappa shape index (κ3) is 3.55. The topological polar surface area (TPSA) is 47.9 Å². The van der Waals surface area contributed by atoms with E-state index in [4.69, 9.17) is 5.26 Å². The van der Waals surface area contributed by atoms with Crippen molar-refractivity contribution in [1.29, 1.82) is 5.26 Å². The van der Waals surface area contributed by atoms with Crippen molar-refractivity contribution < 1.29 is 0 Å². The molecule has 2 N–H and O–H groups in total. The minimum Gasteiger partial charge on any atom is -0.316 e. The monoisotopic (exact) mass is 229 g/mol. The Balaban J connectivity index is 1.79. The number of nitriles is 1. The first-order valence-corrected chi connectivity index (χ1v) is 6.29. The van der Waals surface area contributed by atoms with Crippen LogP contribution in [0.1, 0.15) is 24.0 Å². The maximum atomic E-state index is 8.98. The number of nitrogens with zero attached hydrogens (tertiary/aromatic N) is 1. The highest BCUT2D eigenvalue weighted by Crippen LogP contribution is 2.10. The van der Waals surface area contributed by atoms with Crippen LogP contribution in [0.2, 0.25) is 0 Å². The molecule has 0 radical (unpaired) electrons. The van der Waals surface area contributed by atoms with E-state index in [2.05, 4.69) is 16.7 Å². The third-order valence-corrected chi connectivity index (χ3v) is 3.29. The minimum absolute atomic E-state index is 0.734. The first-order valence-electron chi connectivity index (χ1n) is 6.29. The van der Waals surface area contributed by atoms with Crippen molar-refractivity contribution in [3.63, 3.8) is 0 Å². The lowest BCUT2D eigenvalue weighted by molar-refractivity contribution is 0.360. The SMILES string of the molecule is N#Cc1ccccc1CNCC1CCCNC1. The van der Waals surface area contributed by atoms with E-state index in [1.807, 2.05) is 24.3 Å². The number of hydrogen-bond acceptors (Lipinski definition) is 3. The van der Waals surface area contributed by atoms with Crippen molar-refractivity contribution in [3.05, 3.63) is 35.4 Å². The molecule has 1 unspecified atom stereocenters. The molecular formula is C14H19N3. The molecule has 1 saturated heterocycles. The van der Waals surface area contributed by atoms with Gasteiger partial charge in [0.2, 0.25) is 0 Å². The Morgan fingerprint density at radius 3 is 3.06 bits per heavy atom. The number of piperidine rings is 1. The van der Waals surface area contributed by atoms with Gasteiger partial charge in [0, 0.05) is 6.54 Å². The van der Waals surface area contributed by atoms with Crippen LogP contribution in [-0.2, 0) is 6.54 Å². The highest BCUT2D eigenvalue weighted by Gasteiger charge is 2.12. The van der Waals surface area contributed by atoms with Gasteiger partial charge in [-0.25, -0.2) is 0 Å². The molecule has 0 aliphatic carbocycles. The van der Waals surface area contributed by atoms with Gasteiger partial charge in [0.05, 0.1) is 11.6 Å². The zero-order chi connectivity index (χ0) is 11.9. The normalized spacial score (nSPS) is 19.8. The molecule has 3 heteroatoms. The smallest absolute Gasteiger partial charge is 0.0995 e. The molecule has 0 bridgehead atoms. The van der Waals surface area contributed by atoms with Crippen LogP contribution in [-0.4, -0.2) is 19.6 Å². The van der Waals surface area contributed by atoms with Gasteiger partial charge in [-0.05, 0) is 50.0 Å². The van der Waals surface area contributed by atoms with E-state index in [9.17, 15) is 0 Å². The summed E-state index contributed by atoms with van der Waals surface area (Å²) in [7, 11) is 0. The summed E-state index contributed by atoms with van der Waals surface area (Å²) in [4.78, 5) is 0. The van der Waals surface area contributed by atoms with E-state index in [0.29, 0.717) is 0 Å². The second-order valence-corrected chi connectivity index (χ2v) is 4.61. The molecule has 3 nitrogen and oxygen atoms in total. The maximum absolute atomic E-state index is 8.98. The van der Waals surface area contributed by atoms with Gasteiger partial charge >= 0.3 is 0 Å². The predicted octanol–water partition coefficient (Wildman–Crippen LogP) is 1.65. The molecular weight excluding hydrogens is 210 g/mol. The van der Waals surface area contributed by atoms with E-state index < -0.39 is 0 Å². The van der Waals surface area contributed by atoms with Crippen LogP contribution < -0.4 is 10.6 Å². The van der Waals surface area contributed by atoms with Crippen LogP contribution in [0.4, 0.5) is 0 Å². The van der Waals surface area contributed by atoms with E-state index in [1.165, 1.54) is 12.8 Å². The lowest BCUT2D eigenvalue weighted by atomic mass is 9.99. The zero-order valence-electron chi connectivity index (χ0n) is 10.1. The van der Waals surface area contributed by atoms with Crippen LogP contribution in [0.15, 0.2) is 24.3 Å². The lowest BCUT2D eigenvalue weighted by Gasteiger charge is -2.23. The maximum Gasteiger partial charge on any atom is 0.0995 e. The summed E-state index contributed by atoms with van der Waals surface area (Å²) in [5.74, 6) is 0.734. The second-order valence-electron chi connectivity index (χ2n) is 4.61. The van der Waals surface area contributed by atoms with E-state index in [0.717, 1.165) is 43.2 Å². The fourth-order valence-corrected chi connectivity index (χ4v) is 2.29. The molecule has 1 aliphatic rings. The van der Waals surface area contributed by atoms with Crippen LogP contribution >= 0.6 is 0 Å². The molecule has 1 fully saturated rings. The van der Waals surface area contributed by atoms with Gasteiger partial charge in [-0.3, -0.25) is 0 Å². The average Bonchev–Trinajstić information content (AvgIpc) is 2.40. The van der Waals surface area contributed by atoms with Crippen LogP contribution in [0.5, 0.6) is 0 Å². The van der Waals surface area contributed by atoms with Gasteiger partial charge < -0.3 is 10.6 Å². The van der Waals surface area contributed by atoms with Crippen LogP contribution in [0.3, 0.4) is 0 Å². The number of nitrogens with one attached hydrogen (secondary N) is 2. The van der Waals surface area contributed by atoms with Crippen molar-refractivity contribution >= 4 is 0 Å². The summed E-state index contributed by atoms with van der Waals surface area (Å²) in [5, 5.41) is 15.8. The molecule has 1 heterocycles. The predicted molar refractivity (Wildman–Crippen MR) is 68.5 cm³/mol. The highest BCUT2D eigenvalue weighted by atomic mass is 14.9. The average molecular weight is 229 g/mol. The molecule has 1 aliphatic heterocycles. The van der Waals surface area contributed by atoms with Crippen molar-refractivity contribution in [1.82, 2.24) is 10.6 Å². The Hall–Kier alpha value is -1.37. The fraction of sp³-hybridized carbons (Fsp3) is 0.500. The zero-order valence-corrected chi connectivity index (χ0v) is 10.1. The van der Waals surface area contributed by atoms with E-state index in [1.54, 1.807) is 0 Å². The molecule has 1 aromatic carbocycles. The summed E-state index contributed by atoms with van der Waals surface area (Å²) in [6.07, 6.45) is 2.58. The molecule has 0 amide bonds. The molecule has 0 spiro atoms. The molecule has 1 aromatic rings. The Morgan fingerprint density at radius 2 is 2.29 bits per heavy atom. The third-order valence-electron chi connectivity index (χ3n) is 3.29. The Bertz CT molecular complexity index is 389. The first kappa shape index (κ1) is 12.1. The van der Waals surface area contributed by atoms with Gasteiger partial charge in [0.15, 0.2) is 0 Å². The Kier molecular flexibility index (Phi) is 4.54. The fourth-order valence-electron chi connectivity index (χ4n) is 2.29. The summed E-state index contributed by atoms with van der Waals surface area (Å²) in [5.41, 5.74) is 1.88. The van der Waals surface area contributed by atoms with Crippen molar-refractivity contribution in [2.24, 2.45) is 5.92 Å². The van der Waals surface area contributed by atoms with E-state index >= 15 is 0 Å². The number of benzene rings is 1. The van der Waals surface area contributed by atoms with Gasteiger partial charge in [0.1, 0.15) is 0 Å². The molecule has 90 valence electrons. The quantitative estimate of drug-likeness (QED) is 0.825. The van der Waals surface area contributed by atoms with Crippen LogP contribution in [0, 0.1) is 17.2 Å². The summed E-state index contributed by atoms with van der Waals surface area (Å²) in [6, 6.07) is 10.0. The Morgan fingerprint density at radius 1 is 1.41 bits per heavy atom. The van der Waals surface area contributed by atoms with Crippen molar-refractivity contribution in [2.75, 3.05) is 19.6 Å². The second kappa shape index (κ2) is 6.39. The van der Waals surface area contributed by atoms with Crippen LogP contribution in [0.25, 0.3) is 0 Å². The van der Waals surface area contributed by atoms with Gasteiger partial charge in [-0.2, -0.15) is 5.26 Å². The summed E-state index contributed by atoms with van der Waals surface area (Å²) < 4.78 is 0. The highest BCUT2D eigenvalue weighted by molar-refractivity contribution is 5.37.